The lowest BCUT2D eigenvalue weighted by molar-refractivity contribution is 0.488. The van der Waals surface area contributed by atoms with E-state index in [0.717, 1.165) is 19.7 Å². The van der Waals surface area contributed by atoms with Gasteiger partial charge in [0.2, 0.25) is 0 Å². The predicted molar refractivity (Wildman–Crippen MR) is 116 cm³/mol. The minimum absolute atomic E-state index is 0.333. The van der Waals surface area contributed by atoms with Gasteiger partial charge in [-0.1, -0.05) is 31.9 Å². The third-order valence-corrected chi connectivity index (χ3v) is 6.63. The van der Waals surface area contributed by atoms with E-state index in [1.165, 1.54) is 0 Å². The van der Waals surface area contributed by atoms with Crippen molar-refractivity contribution in [1.29, 1.82) is 0 Å². The molecule has 3 aromatic carbocycles. The van der Waals surface area contributed by atoms with Gasteiger partial charge < -0.3 is 8.83 Å². The molecule has 4 nitrogen and oxygen atoms in total. The largest absolute Gasteiger partial charge is 0.454 e. The average molecular weight is 604 g/mol. The summed E-state index contributed by atoms with van der Waals surface area (Å²) in [7, 11) is 0. The van der Waals surface area contributed by atoms with Crippen molar-refractivity contribution in [3.63, 3.8) is 0 Å². The van der Waals surface area contributed by atoms with Crippen LogP contribution in [-0.4, -0.2) is 0 Å². The molecular weight excluding hydrogens is 600 g/mol. The molecule has 2 heterocycles. The molecule has 0 unspecified atom stereocenters. The van der Waals surface area contributed by atoms with E-state index in [4.69, 9.17) is 8.83 Å². The molecule has 0 radical (unpaired) electrons. The Hall–Kier alpha value is -1.22. The summed E-state index contributed by atoms with van der Waals surface area (Å²) in [6.45, 7) is 0. The highest BCUT2D eigenvalue weighted by Gasteiger charge is 2.22. The smallest absolute Gasteiger partial charge is 0.346 e. The molecule has 0 saturated carbocycles. The van der Waals surface area contributed by atoms with Gasteiger partial charge in [0, 0.05) is 30.5 Å². The van der Waals surface area contributed by atoms with Gasteiger partial charge in [-0.3, -0.25) is 0 Å². The van der Waals surface area contributed by atoms with Crippen LogP contribution in [0.25, 0.3) is 43.5 Å². The van der Waals surface area contributed by atoms with Crippen molar-refractivity contribution in [3.05, 3.63) is 63.0 Å². The number of fused-ring (bicyclic) bond motifs is 2. The van der Waals surface area contributed by atoms with Crippen LogP contribution in [0.4, 0.5) is 0 Å². The highest BCUT2D eigenvalue weighted by Crippen LogP contribution is 2.45. The van der Waals surface area contributed by atoms with Gasteiger partial charge in [0.25, 0.3) is 0 Å². The highest BCUT2D eigenvalue weighted by molar-refractivity contribution is 9.11. The van der Waals surface area contributed by atoms with E-state index < -0.39 is 11.3 Å². The molecule has 5 rings (SSSR count). The van der Waals surface area contributed by atoms with Crippen LogP contribution in [0.2, 0.25) is 0 Å². The molecular formula is C18H4Br4O4. The third kappa shape index (κ3) is 2.16. The second kappa shape index (κ2) is 5.64. The summed E-state index contributed by atoms with van der Waals surface area (Å²) in [6.07, 6.45) is 0. The topological polar surface area (TPSA) is 60.4 Å². The van der Waals surface area contributed by atoms with Gasteiger partial charge in [0.15, 0.2) is 0 Å². The van der Waals surface area contributed by atoms with Gasteiger partial charge in [-0.05, 0) is 56.1 Å². The van der Waals surface area contributed by atoms with Crippen LogP contribution in [0, 0.1) is 0 Å². The summed E-state index contributed by atoms with van der Waals surface area (Å²) in [6, 6.07) is 7.16. The van der Waals surface area contributed by atoms with Crippen molar-refractivity contribution in [2.45, 2.75) is 0 Å². The number of hydrogen-bond acceptors (Lipinski definition) is 4. The van der Waals surface area contributed by atoms with Gasteiger partial charge in [-0.15, -0.1) is 0 Å². The lowest BCUT2D eigenvalue weighted by atomic mass is 9.97. The molecule has 26 heavy (non-hydrogen) atoms. The van der Waals surface area contributed by atoms with Crippen LogP contribution in [0.5, 0.6) is 0 Å². The summed E-state index contributed by atoms with van der Waals surface area (Å²) < 4.78 is 14.0. The van der Waals surface area contributed by atoms with Crippen LogP contribution in [0.1, 0.15) is 0 Å². The number of rotatable bonds is 0. The van der Waals surface area contributed by atoms with Gasteiger partial charge in [-0.25, -0.2) is 9.59 Å². The van der Waals surface area contributed by atoms with Crippen LogP contribution < -0.4 is 11.3 Å². The summed E-state index contributed by atoms with van der Waals surface area (Å²) in [5.41, 5.74) is -0.109. The maximum Gasteiger partial charge on any atom is 0.346 e. The monoisotopic (exact) mass is 600 g/mol. The van der Waals surface area contributed by atoms with E-state index in [1.807, 2.05) is 12.1 Å². The maximum atomic E-state index is 12.3. The summed E-state index contributed by atoms with van der Waals surface area (Å²) >= 11 is 14.1. The molecule has 0 bridgehead atoms. The molecule has 0 aliphatic rings. The van der Waals surface area contributed by atoms with Crippen molar-refractivity contribution in [1.82, 2.24) is 0 Å². The molecule has 0 amide bonds. The van der Waals surface area contributed by atoms with E-state index in [-0.39, 0.29) is 0 Å². The maximum absolute atomic E-state index is 12.3. The molecule has 8 heteroatoms. The van der Waals surface area contributed by atoms with Crippen LogP contribution >= 0.6 is 63.7 Å². The first-order valence-electron chi connectivity index (χ1n) is 7.29. The second-order valence-electron chi connectivity index (χ2n) is 5.81. The average Bonchev–Trinajstić information content (AvgIpc) is 2.57. The van der Waals surface area contributed by atoms with Crippen molar-refractivity contribution in [2.75, 3.05) is 0 Å². The Balaban J connectivity index is 2.29. The fourth-order valence-corrected chi connectivity index (χ4v) is 5.83. The Morgan fingerprint density at radius 1 is 0.577 bits per heavy atom. The second-order valence-corrected chi connectivity index (χ2v) is 9.29. The molecule has 0 aliphatic carbocycles. The van der Waals surface area contributed by atoms with Crippen molar-refractivity contribution in [3.8, 4) is 0 Å². The van der Waals surface area contributed by atoms with Gasteiger partial charge in [0.05, 0.1) is 19.7 Å². The van der Waals surface area contributed by atoms with E-state index in [9.17, 15) is 9.59 Å². The van der Waals surface area contributed by atoms with Gasteiger partial charge in [-0.2, -0.15) is 0 Å². The summed E-state index contributed by atoms with van der Waals surface area (Å²) in [5, 5.41) is 3.60. The quantitative estimate of drug-likeness (QED) is 0.146. The summed E-state index contributed by atoms with van der Waals surface area (Å²) in [5.74, 6) is 0. The fraction of sp³-hybridized carbons (Fsp3) is 0. The zero-order chi connectivity index (χ0) is 18.3. The van der Waals surface area contributed by atoms with Crippen molar-refractivity contribution >= 4 is 107 Å². The molecule has 2 aromatic heterocycles. The number of halogens is 4. The van der Waals surface area contributed by atoms with Crippen LogP contribution in [0.3, 0.4) is 0 Å². The first-order valence-corrected chi connectivity index (χ1v) is 10.5. The summed E-state index contributed by atoms with van der Waals surface area (Å²) in [4.78, 5) is 24.5. The van der Waals surface area contributed by atoms with E-state index in [1.54, 1.807) is 12.1 Å². The standard InChI is InChI=1S/C18H4Br4O4/c19-5-1-6-13-9(20)3-7-12-8(18(24)26-17(7)23)4-11(22)16(14(12)13)25-15(6)10(21)2-5/h1-4H. The molecule has 0 N–H and O–H groups in total. The van der Waals surface area contributed by atoms with Crippen LogP contribution in [-0.2, 0) is 0 Å². The van der Waals surface area contributed by atoms with Gasteiger partial charge in [0.1, 0.15) is 11.2 Å². The Morgan fingerprint density at radius 2 is 1.19 bits per heavy atom. The van der Waals surface area contributed by atoms with Crippen LogP contribution in [0.15, 0.2) is 60.6 Å². The lowest BCUT2D eigenvalue weighted by Gasteiger charge is -2.14. The lowest BCUT2D eigenvalue weighted by Crippen LogP contribution is -2.12. The Labute approximate surface area is 178 Å². The molecule has 5 aromatic rings. The first-order chi connectivity index (χ1) is 12.4. The molecule has 0 spiro atoms. The minimum atomic E-state index is -0.663. The van der Waals surface area contributed by atoms with E-state index in [0.29, 0.717) is 41.7 Å². The Bertz CT molecular complexity index is 1480. The molecule has 0 fully saturated rings. The van der Waals surface area contributed by atoms with Gasteiger partial charge >= 0.3 is 11.3 Å². The fourth-order valence-electron chi connectivity index (χ4n) is 3.37. The zero-order valence-corrected chi connectivity index (χ0v) is 18.8. The zero-order valence-electron chi connectivity index (χ0n) is 12.5. The highest BCUT2D eigenvalue weighted by atomic mass is 79.9. The molecule has 0 aliphatic heterocycles. The predicted octanol–water partition coefficient (Wildman–Crippen LogP) is 6.69. The molecule has 128 valence electrons. The van der Waals surface area contributed by atoms with Crippen molar-refractivity contribution < 1.29 is 8.83 Å². The van der Waals surface area contributed by atoms with E-state index >= 15 is 0 Å². The Morgan fingerprint density at radius 3 is 1.88 bits per heavy atom. The number of hydrogen-bond donors (Lipinski definition) is 0. The molecule has 0 saturated heterocycles. The Kier molecular flexibility index (Phi) is 3.67. The number of benzene rings is 3. The van der Waals surface area contributed by atoms with E-state index in [2.05, 4.69) is 63.7 Å². The minimum Gasteiger partial charge on any atom is -0.454 e. The normalized spacial score (nSPS) is 12.2. The molecule has 0 atom stereocenters. The first kappa shape index (κ1) is 16.9. The SMILES string of the molecule is O=c1oc(=O)c2cc(Br)c3c4cc(Br)cc(Br)c4oc4c(Br)cc1c2c43. The van der Waals surface area contributed by atoms with Crippen molar-refractivity contribution in [2.24, 2.45) is 0 Å². The third-order valence-electron chi connectivity index (χ3n) is 4.37.